The zero-order valence-corrected chi connectivity index (χ0v) is 27.7. The summed E-state index contributed by atoms with van der Waals surface area (Å²) in [7, 11) is 0. The fraction of sp³-hybridized carbons (Fsp3) is 0.562. The first-order valence-corrected chi connectivity index (χ1v) is 17.1. The second-order valence-electron chi connectivity index (χ2n) is 12.0. The van der Waals surface area contributed by atoms with Gasteiger partial charge >= 0.3 is 5.97 Å². The van der Waals surface area contributed by atoms with Gasteiger partial charge in [-0.2, -0.15) is 0 Å². The molecule has 1 aliphatic carbocycles. The smallest absolute Gasteiger partial charge is 0.303 e. The van der Waals surface area contributed by atoms with Gasteiger partial charge < -0.3 is 14.9 Å². The van der Waals surface area contributed by atoms with Gasteiger partial charge in [0.05, 0.1) is 5.69 Å². The van der Waals surface area contributed by atoms with E-state index >= 15 is 0 Å². The maximum atomic E-state index is 13.3. The summed E-state index contributed by atoms with van der Waals surface area (Å²) in [5, 5.41) is 9.51. The SMILES string of the molecule is O=C(O)CCCCC(=O)N1CCC(CC(=O)N2CCC([C@H]3c4ncc(Br)cc4CCc4cc(Cl)cc(Br)c43)CC2)CC1. The molecule has 226 valence electrons. The Kier molecular flexibility index (Phi) is 10.6. The third kappa shape index (κ3) is 7.56. The van der Waals surface area contributed by atoms with Crippen LogP contribution in [0, 0.1) is 11.8 Å². The quantitative estimate of drug-likeness (QED) is 0.297. The number of carbonyl (C=O) groups excluding carboxylic acids is 2. The molecule has 0 spiro atoms. The maximum absolute atomic E-state index is 13.3. The van der Waals surface area contributed by atoms with Crippen LogP contribution >= 0.6 is 43.5 Å². The topological polar surface area (TPSA) is 90.8 Å². The van der Waals surface area contributed by atoms with Gasteiger partial charge in [-0.3, -0.25) is 19.4 Å². The van der Waals surface area contributed by atoms with Crippen LogP contribution in [0.5, 0.6) is 0 Å². The molecule has 2 aliphatic heterocycles. The Bertz CT molecular complexity index is 1320. The zero-order valence-electron chi connectivity index (χ0n) is 23.8. The minimum absolute atomic E-state index is 0.102. The van der Waals surface area contributed by atoms with E-state index < -0.39 is 5.97 Å². The number of aromatic nitrogens is 1. The lowest BCUT2D eigenvalue weighted by Gasteiger charge is -2.38. The second kappa shape index (κ2) is 14.2. The predicted molar refractivity (Wildman–Crippen MR) is 170 cm³/mol. The average Bonchev–Trinajstić information content (AvgIpc) is 3.12. The summed E-state index contributed by atoms with van der Waals surface area (Å²) in [5.41, 5.74) is 4.99. The van der Waals surface area contributed by atoms with E-state index in [0.717, 1.165) is 71.3 Å². The van der Waals surface area contributed by atoms with E-state index in [1.165, 1.54) is 16.7 Å². The molecule has 1 atom stereocenters. The van der Waals surface area contributed by atoms with Crippen molar-refractivity contribution in [2.24, 2.45) is 11.8 Å². The molecule has 1 N–H and O–H groups in total. The molecule has 3 aliphatic rings. The zero-order chi connectivity index (χ0) is 29.8. The molecule has 3 heterocycles. The van der Waals surface area contributed by atoms with E-state index in [1.807, 2.05) is 22.1 Å². The number of benzene rings is 1. The Morgan fingerprint density at radius 1 is 0.881 bits per heavy atom. The first-order valence-electron chi connectivity index (χ1n) is 15.1. The van der Waals surface area contributed by atoms with Crippen LogP contribution < -0.4 is 0 Å². The largest absolute Gasteiger partial charge is 0.481 e. The highest BCUT2D eigenvalue weighted by Gasteiger charge is 2.37. The Hall–Kier alpha value is -1.97. The summed E-state index contributed by atoms with van der Waals surface area (Å²) in [4.78, 5) is 45.4. The molecule has 1 aromatic heterocycles. The summed E-state index contributed by atoms with van der Waals surface area (Å²) >= 11 is 13.9. The number of carboxylic acid groups (broad SMARTS) is 1. The normalized spacial score (nSPS) is 19.6. The molecule has 2 aromatic rings. The number of hydrogen-bond acceptors (Lipinski definition) is 4. The van der Waals surface area contributed by atoms with E-state index in [9.17, 15) is 14.4 Å². The predicted octanol–water partition coefficient (Wildman–Crippen LogP) is 7.00. The van der Waals surface area contributed by atoms with Crippen LogP contribution in [-0.4, -0.2) is 63.9 Å². The second-order valence-corrected chi connectivity index (χ2v) is 14.2. The number of carbonyl (C=O) groups is 3. The molecule has 0 saturated carbocycles. The first-order chi connectivity index (χ1) is 20.2. The fourth-order valence-electron chi connectivity index (χ4n) is 6.99. The number of hydrogen-bond donors (Lipinski definition) is 1. The molecule has 2 saturated heterocycles. The number of nitrogens with zero attached hydrogens (tertiary/aromatic N) is 3. The van der Waals surface area contributed by atoms with Gasteiger partial charge in [-0.05, 0) is 114 Å². The van der Waals surface area contributed by atoms with Gasteiger partial charge in [-0.15, -0.1) is 0 Å². The molecular formula is C32H38Br2ClN3O4. The molecule has 0 radical (unpaired) electrons. The summed E-state index contributed by atoms with van der Waals surface area (Å²) in [6, 6.07) is 6.30. The number of pyridine rings is 1. The Morgan fingerprint density at radius 2 is 1.52 bits per heavy atom. The number of aliphatic carboxylic acids is 1. The van der Waals surface area contributed by atoms with Crippen molar-refractivity contribution in [2.75, 3.05) is 26.2 Å². The van der Waals surface area contributed by atoms with Crippen LogP contribution in [0.15, 0.2) is 33.3 Å². The van der Waals surface area contributed by atoms with E-state index in [1.54, 1.807) is 0 Å². The number of carboxylic acids is 1. The minimum Gasteiger partial charge on any atom is -0.481 e. The minimum atomic E-state index is -0.818. The molecule has 1 aromatic carbocycles. The molecular weight excluding hydrogens is 686 g/mol. The molecule has 10 heteroatoms. The van der Waals surface area contributed by atoms with Crippen molar-refractivity contribution in [3.05, 3.63) is 60.7 Å². The number of halogens is 3. The molecule has 42 heavy (non-hydrogen) atoms. The van der Waals surface area contributed by atoms with Gasteiger partial charge in [-0.25, -0.2) is 0 Å². The average molecular weight is 724 g/mol. The third-order valence-electron chi connectivity index (χ3n) is 9.24. The van der Waals surface area contributed by atoms with E-state index in [0.29, 0.717) is 50.6 Å². The lowest BCUT2D eigenvalue weighted by atomic mass is 9.76. The summed E-state index contributed by atoms with van der Waals surface area (Å²) < 4.78 is 2.03. The van der Waals surface area contributed by atoms with Crippen LogP contribution in [0.1, 0.15) is 86.1 Å². The number of fused-ring (bicyclic) bond motifs is 2. The van der Waals surface area contributed by atoms with Crippen LogP contribution in [0.4, 0.5) is 0 Å². The maximum Gasteiger partial charge on any atom is 0.303 e. The number of piperidine rings is 2. The monoisotopic (exact) mass is 721 g/mol. The van der Waals surface area contributed by atoms with Gasteiger partial charge in [-0.1, -0.05) is 27.5 Å². The molecule has 0 bridgehead atoms. The number of likely N-dealkylation sites (tertiary alicyclic amines) is 2. The number of amides is 2. The van der Waals surface area contributed by atoms with Crippen molar-refractivity contribution in [3.8, 4) is 0 Å². The standard InChI is InChI=1S/C32H38Br2ClN3O4/c33-24-16-23-6-5-22-17-25(35)18-26(34)30(22)31(32(23)36-19-24)21-9-13-38(14-10-21)28(40)15-20-7-11-37(12-8-20)27(39)3-1-2-4-29(41)42/h16-21,31H,1-15H2,(H,41,42)/t31-/m1/s1. The summed E-state index contributed by atoms with van der Waals surface area (Å²) in [5.74, 6) is 0.339. The number of rotatable bonds is 8. The first kappa shape index (κ1) is 31.5. The lowest BCUT2D eigenvalue weighted by molar-refractivity contribution is -0.138. The number of aryl methyl sites for hydroxylation is 2. The van der Waals surface area contributed by atoms with Crippen LogP contribution in [-0.2, 0) is 27.2 Å². The van der Waals surface area contributed by atoms with Gasteiger partial charge in [0, 0.05) is 71.5 Å². The van der Waals surface area contributed by atoms with Crippen molar-refractivity contribution >= 4 is 61.2 Å². The van der Waals surface area contributed by atoms with Gasteiger partial charge in [0.1, 0.15) is 0 Å². The van der Waals surface area contributed by atoms with E-state index in [4.69, 9.17) is 21.7 Å². The molecule has 5 rings (SSSR count). The van der Waals surface area contributed by atoms with Crippen LogP contribution in [0.2, 0.25) is 5.02 Å². The summed E-state index contributed by atoms with van der Waals surface area (Å²) in [6.45, 7) is 2.86. The van der Waals surface area contributed by atoms with Crippen LogP contribution in [0.3, 0.4) is 0 Å². The van der Waals surface area contributed by atoms with Crippen molar-refractivity contribution in [2.45, 2.75) is 76.5 Å². The molecule has 2 fully saturated rings. The van der Waals surface area contributed by atoms with Crippen molar-refractivity contribution in [1.29, 1.82) is 0 Å². The highest BCUT2D eigenvalue weighted by Crippen LogP contribution is 2.46. The summed E-state index contributed by atoms with van der Waals surface area (Å²) in [6.07, 6.45) is 9.47. The highest BCUT2D eigenvalue weighted by atomic mass is 79.9. The molecule has 2 amide bonds. The molecule has 0 unspecified atom stereocenters. The van der Waals surface area contributed by atoms with Gasteiger partial charge in [0.25, 0.3) is 0 Å². The molecule has 7 nitrogen and oxygen atoms in total. The van der Waals surface area contributed by atoms with Crippen LogP contribution in [0.25, 0.3) is 0 Å². The van der Waals surface area contributed by atoms with Crippen molar-refractivity contribution in [3.63, 3.8) is 0 Å². The van der Waals surface area contributed by atoms with E-state index in [-0.39, 0.29) is 24.2 Å². The Balaban J connectivity index is 1.17. The van der Waals surface area contributed by atoms with Gasteiger partial charge in [0.2, 0.25) is 11.8 Å². The third-order valence-corrected chi connectivity index (χ3v) is 10.6. The highest BCUT2D eigenvalue weighted by molar-refractivity contribution is 9.10. The Morgan fingerprint density at radius 3 is 2.24 bits per heavy atom. The lowest BCUT2D eigenvalue weighted by Crippen LogP contribution is -2.43. The fourth-order valence-corrected chi connectivity index (χ4v) is 8.48. The number of unbranched alkanes of at least 4 members (excludes halogenated alkanes) is 1. The Labute approximate surface area is 269 Å². The van der Waals surface area contributed by atoms with Gasteiger partial charge in [0.15, 0.2) is 0 Å². The van der Waals surface area contributed by atoms with Crippen molar-refractivity contribution < 1.29 is 19.5 Å². The van der Waals surface area contributed by atoms with Crippen molar-refractivity contribution in [1.82, 2.24) is 14.8 Å². The van der Waals surface area contributed by atoms with E-state index in [2.05, 4.69) is 44.0 Å².